The van der Waals surface area contributed by atoms with Gasteiger partial charge in [0.1, 0.15) is 21.9 Å². The molecule has 1 aromatic carbocycles. The number of fused-ring (bicyclic) bond motifs is 1. The number of hydrogen-bond acceptors (Lipinski definition) is 7. The van der Waals surface area contributed by atoms with Crippen LogP contribution in [0.25, 0.3) is 10.2 Å². The maximum absolute atomic E-state index is 10.4. The number of nitriles is 1. The van der Waals surface area contributed by atoms with Gasteiger partial charge in [-0.25, -0.2) is 4.98 Å². The van der Waals surface area contributed by atoms with E-state index in [9.17, 15) is 5.26 Å². The SMILES string of the molecule is Cc1noc(C)c1CC(C#N)(Cc1c(C)noc1C)c1nc2ccccc2s1. The summed E-state index contributed by atoms with van der Waals surface area (Å²) in [5, 5.41) is 19.4. The summed E-state index contributed by atoms with van der Waals surface area (Å²) < 4.78 is 11.8. The van der Waals surface area contributed by atoms with Gasteiger partial charge in [0.05, 0.1) is 27.7 Å². The highest BCUT2D eigenvalue weighted by molar-refractivity contribution is 7.18. The summed E-state index contributed by atoms with van der Waals surface area (Å²) in [6, 6.07) is 10.5. The lowest BCUT2D eigenvalue weighted by Gasteiger charge is -2.24. The summed E-state index contributed by atoms with van der Waals surface area (Å²) in [7, 11) is 0. The van der Waals surface area contributed by atoms with Crippen LogP contribution in [0.5, 0.6) is 0 Å². The van der Waals surface area contributed by atoms with Gasteiger partial charge < -0.3 is 9.05 Å². The van der Waals surface area contributed by atoms with E-state index in [1.807, 2.05) is 52.0 Å². The summed E-state index contributed by atoms with van der Waals surface area (Å²) in [4.78, 5) is 4.83. The van der Waals surface area contributed by atoms with E-state index < -0.39 is 5.41 Å². The molecule has 6 nitrogen and oxygen atoms in total. The van der Waals surface area contributed by atoms with Gasteiger partial charge in [-0.05, 0) is 39.8 Å². The Morgan fingerprint density at radius 2 is 1.54 bits per heavy atom. The van der Waals surface area contributed by atoms with E-state index in [1.54, 1.807) is 11.3 Å². The third-order valence-corrected chi connectivity index (χ3v) is 6.48. The van der Waals surface area contributed by atoms with Gasteiger partial charge in [0.2, 0.25) is 0 Å². The molecule has 0 saturated heterocycles. The smallest absolute Gasteiger partial charge is 0.137 e. The molecule has 0 bridgehead atoms. The largest absolute Gasteiger partial charge is 0.361 e. The lowest BCUT2D eigenvalue weighted by molar-refractivity contribution is 0.389. The normalized spacial score (nSPS) is 11.8. The topological polar surface area (TPSA) is 88.7 Å². The average molecular weight is 392 g/mol. The Kier molecular flexibility index (Phi) is 4.52. The Morgan fingerprint density at radius 3 is 2.00 bits per heavy atom. The van der Waals surface area contributed by atoms with Crippen molar-refractivity contribution in [1.82, 2.24) is 15.3 Å². The predicted octanol–water partition coefficient (Wildman–Crippen LogP) is 4.75. The first-order valence-electron chi connectivity index (χ1n) is 9.04. The first-order valence-corrected chi connectivity index (χ1v) is 9.86. The standard InChI is InChI=1S/C21H20N4O2S/c1-12-16(14(3)26-24-12)9-21(11-22,10-17-13(2)25-27-15(17)4)20-23-18-7-5-6-8-19(18)28-20/h5-8H,9-10H2,1-4H3. The summed E-state index contributed by atoms with van der Waals surface area (Å²) >= 11 is 1.56. The predicted molar refractivity (Wildman–Crippen MR) is 106 cm³/mol. The fourth-order valence-electron chi connectivity index (χ4n) is 3.53. The molecule has 0 aliphatic heterocycles. The van der Waals surface area contributed by atoms with Gasteiger partial charge in [0, 0.05) is 24.0 Å². The van der Waals surface area contributed by atoms with Crippen molar-refractivity contribution in [1.29, 1.82) is 5.26 Å². The molecule has 0 unspecified atom stereocenters. The van der Waals surface area contributed by atoms with Crippen molar-refractivity contribution < 1.29 is 9.05 Å². The van der Waals surface area contributed by atoms with Crippen LogP contribution in [-0.4, -0.2) is 15.3 Å². The van der Waals surface area contributed by atoms with E-state index in [4.69, 9.17) is 14.0 Å². The number of benzene rings is 1. The van der Waals surface area contributed by atoms with Crippen molar-refractivity contribution in [2.75, 3.05) is 0 Å². The highest BCUT2D eigenvalue weighted by Gasteiger charge is 2.39. The highest BCUT2D eigenvalue weighted by atomic mass is 32.1. The summed E-state index contributed by atoms with van der Waals surface area (Å²) in [6.45, 7) is 7.57. The van der Waals surface area contributed by atoms with Gasteiger partial charge in [-0.2, -0.15) is 5.26 Å². The molecule has 4 rings (SSSR count). The van der Waals surface area contributed by atoms with Crippen molar-refractivity contribution >= 4 is 21.6 Å². The lowest BCUT2D eigenvalue weighted by Crippen LogP contribution is -2.31. The monoisotopic (exact) mass is 392 g/mol. The van der Waals surface area contributed by atoms with Crippen LogP contribution in [0.2, 0.25) is 0 Å². The van der Waals surface area contributed by atoms with Crippen molar-refractivity contribution in [2.45, 2.75) is 46.0 Å². The van der Waals surface area contributed by atoms with E-state index in [-0.39, 0.29) is 0 Å². The zero-order chi connectivity index (χ0) is 19.9. The van der Waals surface area contributed by atoms with Gasteiger partial charge in [-0.1, -0.05) is 22.4 Å². The molecule has 3 heterocycles. The quantitative estimate of drug-likeness (QED) is 0.487. The highest BCUT2D eigenvalue weighted by Crippen LogP contribution is 2.39. The van der Waals surface area contributed by atoms with E-state index in [0.29, 0.717) is 12.8 Å². The van der Waals surface area contributed by atoms with Crippen molar-refractivity contribution in [3.63, 3.8) is 0 Å². The Morgan fingerprint density at radius 1 is 0.964 bits per heavy atom. The molecule has 0 amide bonds. The molecule has 0 saturated carbocycles. The first-order chi connectivity index (χ1) is 13.4. The molecular formula is C21H20N4O2S. The van der Waals surface area contributed by atoms with Crippen LogP contribution in [0, 0.1) is 39.0 Å². The maximum atomic E-state index is 10.4. The second kappa shape index (κ2) is 6.88. The molecule has 4 aromatic rings. The van der Waals surface area contributed by atoms with Crippen LogP contribution in [0.1, 0.15) is 39.0 Å². The second-order valence-corrected chi connectivity index (χ2v) is 8.17. The zero-order valence-electron chi connectivity index (χ0n) is 16.2. The van der Waals surface area contributed by atoms with Crippen molar-refractivity contribution in [3.05, 3.63) is 63.3 Å². The zero-order valence-corrected chi connectivity index (χ0v) is 17.1. The lowest BCUT2D eigenvalue weighted by atomic mass is 9.77. The van der Waals surface area contributed by atoms with Crippen LogP contribution in [0.15, 0.2) is 33.3 Å². The number of rotatable bonds is 5. The number of nitrogens with zero attached hydrogens (tertiary/aromatic N) is 4. The Hall–Kier alpha value is -2.98. The number of aryl methyl sites for hydroxylation is 4. The Labute approximate surface area is 166 Å². The fraction of sp³-hybridized carbons (Fsp3) is 0.333. The molecule has 0 radical (unpaired) electrons. The number of para-hydroxylation sites is 1. The van der Waals surface area contributed by atoms with E-state index in [1.165, 1.54) is 0 Å². The van der Waals surface area contributed by atoms with E-state index >= 15 is 0 Å². The third-order valence-electron chi connectivity index (χ3n) is 5.24. The molecule has 142 valence electrons. The minimum Gasteiger partial charge on any atom is -0.361 e. The van der Waals surface area contributed by atoms with Gasteiger partial charge in [-0.15, -0.1) is 11.3 Å². The van der Waals surface area contributed by atoms with Gasteiger partial charge in [0.15, 0.2) is 0 Å². The van der Waals surface area contributed by atoms with Crippen LogP contribution in [-0.2, 0) is 18.3 Å². The number of hydrogen-bond donors (Lipinski definition) is 0. The second-order valence-electron chi connectivity index (χ2n) is 7.14. The van der Waals surface area contributed by atoms with Crippen molar-refractivity contribution in [3.8, 4) is 6.07 Å². The van der Waals surface area contributed by atoms with Crippen LogP contribution >= 0.6 is 11.3 Å². The molecule has 0 fully saturated rings. The first kappa shape index (κ1) is 18.4. The minimum absolute atomic E-state index is 0.467. The number of thiazole rings is 1. The summed E-state index contributed by atoms with van der Waals surface area (Å²) in [5.74, 6) is 1.47. The number of aromatic nitrogens is 3. The van der Waals surface area contributed by atoms with E-state index in [0.717, 1.165) is 49.3 Å². The molecule has 0 aliphatic rings. The molecule has 3 aromatic heterocycles. The Balaban J connectivity index is 1.89. The maximum Gasteiger partial charge on any atom is 0.137 e. The van der Waals surface area contributed by atoms with Crippen LogP contribution in [0.4, 0.5) is 0 Å². The minimum atomic E-state index is -0.869. The molecule has 7 heteroatoms. The fourth-order valence-corrected chi connectivity index (χ4v) is 4.63. The summed E-state index contributed by atoms with van der Waals surface area (Å²) in [6.07, 6.45) is 0.934. The summed E-state index contributed by atoms with van der Waals surface area (Å²) in [5.41, 5.74) is 3.54. The average Bonchev–Trinajstić information content (AvgIpc) is 3.36. The molecule has 0 N–H and O–H groups in total. The van der Waals surface area contributed by atoms with Crippen LogP contribution < -0.4 is 0 Å². The Bertz CT molecular complexity index is 1070. The molecule has 0 atom stereocenters. The molecular weight excluding hydrogens is 372 g/mol. The molecule has 28 heavy (non-hydrogen) atoms. The van der Waals surface area contributed by atoms with Crippen molar-refractivity contribution in [2.24, 2.45) is 0 Å². The van der Waals surface area contributed by atoms with E-state index in [2.05, 4.69) is 16.4 Å². The van der Waals surface area contributed by atoms with Gasteiger partial charge in [0.25, 0.3) is 0 Å². The molecule has 0 spiro atoms. The van der Waals surface area contributed by atoms with Crippen LogP contribution in [0.3, 0.4) is 0 Å². The van der Waals surface area contributed by atoms with Gasteiger partial charge in [-0.3, -0.25) is 0 Å². The third kappa shape index (κ3) is 3.00. The molecule has 0 aliphatic carbocycles. The van der Waals surface area contributed by atoms with Gasteiger partial charge >= 0.3 is 0 Å².